The molecule has 6 rings (SSSR count). The van der Waals surface area contributed by atoms with Crippen molar-refractivity contribution in [1.29, 1.82) is 0 Å². The molecule has 1 aliphatic carbocycles. The van der Waals surface area contributed by atoms with Crippen LogP contribution < -0.4 is 4.74 Å². The first-order chi connectivity index (χ1) is 18.3. The number of carbonyl (C=O) groups is 1. The SMILES string of the molecule is CC(C)N(C)C[C@H]1CO[C@@]2(COc3ccccc3-c3c(C4CCCCC4)c4ccc(C(=O)O)cc4n3C2)C1. The Morgan fingerprint density at radius 1 is 1.16 bits per heavy atom. The Morgan fingerprint density at radius 2 is 1.95 bits per heavy atom. The third-order valence-electron chi connectivity index (χ3n) is 9.16. The van der Waals surface area contributed by atoms with Crippen molar-refractivity contribution < 1.29 is 19.4 Å². The molecule has 1 saturated carbocycles. The molecule has 38 heavy (non-hydrogen) atoms. The third kappa shape index (κ3) is 4.52. The number of hydrogen-bond acceptors (Lipinski definition) is 4. The quantitative estimate of drug-likeness (QED) is 0.416. The number of fused-ring (bicyclic) bond motifs is 5. The lowest BCUT2D eigenvalue weighted by Crippen LogP contribution is -2.41. The third-order valence-corrected chi connectivity index (χ3v) is 9.16. The summed E-state index contributed by atoms with van der Waals surface area (Å²) in [5, 5.41) is 11.1. The van der Waals surface area contributed by atoms with Gasteiger partial charge >= 0.3 is 5.97 Å². The summed E-state index contributed by atoms with van der Waals surface area (Å²) in [7, 11) is 2.18. The Bertz CT molecular complexity index is 1340. The first-order valence-electron chi connectivity index (χ1n) is 14.3. The van der Waals surface area contributed by atoms with Crippen LogP contribution in [-0.4, -0.2) is 59.0 Å². The Hall–Kier alpha value is -2.83. The molecule has 2 aromatic carbocycles. The molecule has 202 valence electrons. The van der Waals surface area contributed by atoms with Crippen molar-refractivity contribution in [3.63, 3.8) is 0 Å². The normalized spacial score (nSPS) is 23.9. The largest absolute Gasteiger partial charge is 0.490 e. The minimum Gasteiger partial charge on any atom is -0.490 e. The van der Waals surface area contributed by atoms with E-state index in [1.807, 2.05) is 18.2 Å². The van der Waals surface area contributed by atoms with Gasteiger partial charge in [0, 0.05) is 29.1 Å². The minimum absolute atomic E-state index is 0.331. The summed E-state index contributed by atoms with van der Waals surface area (Å²) in [5.41, 5.74) is 4.53. The van der Waals surface area contributed by atoms with E-state index in [1.54, 1.807) is 6.07 Å². The van der Waals surface area contributed by atoms with Gasteiger partial charge in [0.2, 0.25) is 0 Å². The smallest absolute Gasteiger partial charge is 0.335 e. The van der Waals surface area contributed by atoms with Gasteiger partial charge in [-0.2, -0.15) is 0 Å². The van der Waals surface area contributed by atoms with Crippen LogP contribution in [0, 0.1) is 5.92 Å². The Morgan fingerprint density at radius 3 is 2.71 bits per heavy atom. The van der Waals surface area contributed by atoms with E-state index in [1.165, 1.54) is 48.7 Å². The van der Waals surface area contributed by atoms with E-state index in [9.17, 15) is 9.90 Å². The monoisotopic (exact) mass is 516 g/mol. The molecule has 2 atom stereocenters. The van der Waals surface area contributed by atoms with Gasteiger partial charge in [-0.3, -0.25) is 0 Å². The second-order valence-corrected chi connectivity index (χ2v) is 12.1. The second-order valence-electron chi connectivity index (χ2n) is 12.1. The summed E-state index contributed by atoms with van der Waals surface area (Å²) in [4.78, 5) is 14.4. The molecule has 1 spiro atoms. The Kier molecular flexibility index (Phi) is 6.73. The summed E-state index contributed by atoms with van der Waals surface area (Å²) in [5.74, 6) is 0.884. The van der Waals surface area contributed by atoms with E-state index in [4.69, 9.17) is 9.47 Å². The summed E-state index contributed by atoms with van der Waals surface area (Å²) >= 11 is 0. The number of hydrogen-bond donors (Lipinski definition) is 1. The maximum atomic E-state index is 12.0. The molecule has 0 bridgehead atoms. The predicted molar refractivity (Wildman–Crippen MR) is 150 cm³/mol. The fourth-order valence-electron chi connectivity index (χ4n) is 6.98. The zero-order chi connectivity index (χ0) is 26.4. The minimum atomic E-state index is -0.889. The molecule has 3 aromatic rings. The highest BCUT2D eigenvalue weighted by Crippen LogP contribution is 2.48. The lowest BCUT2D eigenvalue weighted by atomic mass is 9.81. The molecule has 1 N–H and O–H groups in total. The van der Waals surface area contributed by atoms with Crippen LogP contribution >= 0.6 is 0 Å². The summed E-state index contributed by atoms with van der Waals surface area (Å²) in [6.45, 7) is 7.31. The molecule has 3 heterocycles. The van der Waals surface area contributed by atoms with Crippen LogP contribution in [0.1, 0.15) is 74.2 Å². The molecule has 0 radical (unpaired) electrons. The number of aromatic nitrogens is 1. The molecular weight excluding hydrogens is 476 g/mol. The number of carboxylic acid groups (broad SMARTS) is 1. The van der Waals surface area contributed by atoms with Crippen LogP contribution in [0.2, 0.25) is 0 Å². The highest BCUT2D eigenvalue weighted by atomic mass is 16.5. The van der Waals surface area contributed by atoms with Crippen LogP contribution in [0.25, 0.3) is 22.2 Å². The Labute approximate surface area is 225 Å². The van der Waals surface area contributed by atoms with Gasteiger partial charge in [0.05, 0.1) is 24.4 Å². The van der Waals surface area contributed by atoms with Crippen LogP contribution in [-0.2, 0) is 11.3 Å². The molecule has 6 heteroatoms. The summed E-state index contributed by atoms with van der Waals surface area (Å²) < 4.78 is 15.6. The predicted octanol–water partition coefficient (Wildman–Crippen LogP) is 6.56. The molecule has 1 aromatic heterocycles. The van der Waals surface area contributed by atoms with Gasteiger partial charge in [-0.05, 0) is 81.8 Å². The van der Waals surface area contributed by atoms with Crippen LogP contribution in [0.15, 0.2) is 42.5 Å². The summed E-state index contributed by atoms with van der Waals surface area (Å²) in [6.07, 6.45) is 7.02. The van der Waals surface area contributed by atoms with Crippen molar-refractivity contribution in [2.45, 2.75) is 76.5 Å². The molecule has 0 unspecified atom stereocenters. The topological polar surface area (TPSA) is 63.9 Å². The fourth-order valence-corrected chi connectivity index (χ4v) is 6.98. The molecular formula is C32H40N2O4. The maximum absolute atomic E-state index is 12.0. The van der Waals surface area contributed by atoms with Crippen molar-refractivity contribution in [2.75, 3.05) is 26.8 Å². The number of ether oxygens (including phenoxy) is 2. The molecule has 1 saturated heterocycles. The van der Waals surface area contributed by atoms with E-state index in [0.717, 1.165) is 29.8 Å². The number of rotatable bonds is 5. The van der Waals surface area contributed by atoms with Crippen LogP contribution in [0.3, 0.4) is 0 Å². The van der Waals surface area contributed by atoms with Gasteiger partial charge < -0.3 is 24.0 Å². The lowest BCUT2D eigenvalue weighted by Gasteiger charge is -2.34. The van der Waals surface area contributed by atoms with Crippen LogP contribution in [0.5, 0.6) is 5.75 Å². The van der Waals surface area contributed by atoms with Crippen molar-refractivity contribution in [3.05, 3.63) is 53.6 Å². The zero-order valence-electron chi connectivity index (χ0n) is 22.9. The first kappa shape index (κ1) is 25.4. The maximum Gasteiger partial charge on any atom is 0.335 e. The number of benzene rings is 2. The molecule has 2 fully saturated rings. The van der Waals surface area contributed by atoms with Gasteiger partial charge in [0.25, 0.3) is 0 Å². The van der Waals surface area contributed by atoms with Gasteiger partial charge in [-0.1, -0.05) is 37.5 Å². The van der Waals surface area contributed by atoms with Gasteiger partial charge in [0.15, 0.2) is 0 Å². The van der Waals surface area contributed by atoms with Crippen molar-refractivity contribution in [3.8, 4) is 17.0 Å². The zero-order valence-corrected chi connectivity index (χ0v) is 22.9. The van der Waals surface area contributed by atoms with E-state index in [0.29, 0.717) is 43.2 Å². The second kappa shape index (κ2) is 10.0. The van der Waals surface area contributed by atoms with Crippen molar-refractivity contribution in [2.24, 2.45) is 5.92 Å². The van der Waals surface area contributed by atoms with Crippen molar-refractivity contribution in [1.82, 2.24) is 9.47 Å². The first-order valence-corrected chi connectivity index (χ1v) is 14.3. The van der Waals surface area contributed by atoms with Gasteiger partial charge in [0.1, 0.15) is 18.0 Å². The Balaban J connectivity index is 1.53. The summed E-state index contributed by atoms with van der Waals surface area (Å²) in [6, 6.07) is 14.5. The molecule has 0 amide bonds. The molecule has 6 nitrogen and oxygen atoms in total. The highest BCUT2D eigenvalue weighted by molar-refractivity contribution is 5.98. The fraction of sp³-hybridized carbons (Fsp3) is 0.531. The lowest BCUT2D eigenvalue weighted by molar-refractivity contribution is -0.0430. The average molecular weight is 517 g/mol. The number of carboxylic acids is 1. The number of para-hydroxylation sites is 1. The highest BCUT2D eigenvalue weighted by Gasteiger charge is 2.44. The van der Waals surface area contributed by atoms with E-state index in [-0.39, 0.29) is 0 Å². The van der Waals surface area contributed by atoms with Crippen LogP contribution in [0.4, 0.5) is 0 Å². The van der Waals surface area contributed by atoms with E-state index >= 15 is 0 Å². The van der Waals surface area contributed by atoms with E-state index in [2.05, 4.69) is 48.6 Å². The van der Waals surface area contributed by atoms with E-state index < -0.39 is 11.6 Å². The van der Waals surface area contributed by atoms with Gasteiger partial charge in [-0.15, -0.1) is 0 Å². The molecule has 2 aliphatic heterocycles. The number of aromatic carboxylic acids is 1. The number of nitrogens with zero attached hydrogens (tertiary/aromatic N) is 2. The standard InChI is InChI=1S/C32H40N2O4/c1-21(2)33(3)17-22-16-32(38-18-22)19-34-27-15-24(31(35)36)13-14-25(27)29(23-9-5-4-6-10-23)30(34)26-11-7-8-12-28(26)37-20-32/h7-8,11-15,21-23H,4-6,9-10,16-20H2,1-3H3,(H,35,36)/t22-,32-/m0/s1. The molecule has 3 aliphatic rings. The van der Waals surface area contributed by atoms with Crippen molar-refractivity contribution >= 4 is 16.9 Å². The van der Waals surface area contributed by atoms with Gasteiger partial charge in [-0.25, -0.2) is 4.79 Å². The average Bonchev–Trinajstić information content (AvgIpc) is 3.45.